The number of carbonyl (C=O) groups is 2. The summed E-state index contributed by atoms with van der Waals surface area (Å²) in [7, 11) is 0. The fraction of sp³-hybridized carbons (Fsp3) is 0.211. The molecule has 1 aromatic carbocycles. The summed E-state index contributed by atoms with van der Waals surface area (Å²) in [6, 6.07) is 10.8. The van der Waals surface area contributed by atoms with Crippen LogP contribution in [0.25, 0.3) is 0 Å². The lowest BCUT2D eigenvalue weighted by Gasteiger charge is -2.12. The van der Waals surface area contributed by atoms with Crippen LogP contribution in [0, 0.1) is 6.92 Å². The Bertz CT molecular complexity index is 793. The van der Waals surface area contributed by atoms with E-state index in [1.807, 2.05) is 31.2 Å². The van der Waals surface area contributed by atoms with E-state index in [-0.39, 0.29) is 5.78 Å². The predicted molar refractivity (Wildman–Crippen MR) is 87.8 cm³/mol. The largest absolute Gasteiger partial charge is 0.439 e. The monoisotopic (exact) mass is 323 g/mol. The number of esters is 1. The van der Waals surface area contributed by atoms with Gasteiger partial charge in [0.25, 0.3) is 0 Å². The fourth-order valence-corrected chi connectivity index (χ4v) is 2.38. The van der Waals surface area contributed by atoms with Crippen LogP contribution in [0.3, 0.4) is 0 Å². The van der Waals surface area contributed by atoms with Gasteiger partial charge in [-0.05, 0) is 37.1 Å². The second-order valence-electron chi connectivity index (χ2n) is 5.62. The van der Waals surface area contributed by atoms with Gasteiger partial charge >= 0.3 is 5.97 Å². The first-order valence-electron chi connectivity index (χ1n) is 7.76. The molecule has 0 N–H and O–H groups in total. The third-order valence-electron chi connectivity index (χ3n) is 3.58. The van der Waals surface area contributed by atoms with Crippen molar-refractivity contribution in [3.63, 3.8) is 0 Å². The Morgan fingerprint density at radius 3 is 2.75 bits per heavy atom. The molecule has 1 aromatic heterocycles. The van der Waals surface area contributed by atoms with Crippen LogP contribution < -0.4 is 4.74 Å². The van der Waals surface area contributed by atoms with Crippen LogP contribution in [0.1, 0.15) is 35.2 Å². The number of aromatic nitrogens is 1. The van der Waals surface area contributed by atoms with E-state index in [4.69, 9.17) is 9.47 Å². The van der Waals surface area contributed by atoms with E-state index in [1.54, 1.807) is 12.1 Å². The maximum atomic E-state index is 12.1. The van der Waals surface area contributed by atoms with Gasteiger partial charge in [0.15, 0.2) is 5.78 Å². The van der Waals surface area contributed by atoms with E-state index in [0.29, 0.717) is 42.2 Å². The van der Waals surface area contributed by atoms with Gasteiger partial charge in [-0.2, -0.15) is 0 Å². The van der Waals surface area contributed by atoms with E-state index < -0.39 is 5.97 Å². The lowest BCUT2D eigenvalue weighted by Crippen LogP contribution is -2.10. The lowest BCUT2D eigenvalue weighted by molar-refractivity contribution is -0.115. The zero-order chi connectivity index (χ0) is 16.9. The third kappa shape index (κ3) is 4.07. The van der Waals surface area contributed by atoms with E-state index in [1.165, 1.54) is 12.3 Å². The van der Waals surface area contributed by atoms with Gasteiger partial charge in [-0.25, -0.2) is 9.78 Å². The van der Waals surface area contributed by atoms with Gasteiger partial charge in [0.05, 0.1) is 5.56 Å². The topological polar surface area (TPSA) is 65.5 Å². The molecule has 0 saturated heterocycles. The first-order valence-corrected chi connectivity index (χ1v) is 7.76. The second-order valence-corrected chi connectivity index (χ2v) is 5.62. The maximum Gasteiger partial charge on any atom is 0.344 e. The Balaban J connectivity index is 1.65. The molecule has 5 heteroatoms. The quantitative estimate of drug-likeness (QED) is 0.796. The van der Waals surface area contributed by atoms with Crippen molar-refractivity contribution in [1.82, 2.24) is 4.98 Å². The van der Waals surface area contributed by atoms with E-state index in [0.717, 1.165) is 5.56 Å². The smallest absolute Gasteiger partial charge is 0.344 e. The molecule has 122 valence electrons. The highest BCUT2D eigenvalue weighted by atomic mass is 16.5. The van der Waals surface area contributed by atoms with E-state index in [2.05, 4.69) is 4.98 Å². The van der Waals surface area contributed by atoms with Crippen LogP contribution >= 0.6 is 0 Å². The molecular weight excluding hydrogens is 306 g/mol. The van der Waals surface area contributed by atoms with Crippen molar-refractivity contribution in [3.05, 3.63) is 65.6 Å². The number of benzene rings is 1. The molecule has 24 heavy (non-hydrogen) atoms. The van der Waals surface area contributed by atoms with Gasteiger partial charge in [-0.15, -0.1) is 0 Å². The minimum Gasteiger partial charge on any atom is -0.439 e. The number of carbonyl (C=O) groups excluding carboxylic acids is 2. The summed E-state index contributed by atoms with van der Waals surface area (Å²) in [6.07, 6.45) is 4.61. The molecular formula is C19H17NO4. The summed E-state index contributed by atoms with van der Waals surface area (Å²) in [5.74, 6) is 0.957. The molecule has 0 atom stereocenters. The van der Waals surface area contributed by atoms with Gasteiger partial charge in [0.2, 0.25) is 5.88 Å². The summed E-state index contributed by atoms with van der Waals surface area (Å²) in [6.45, 7) is 1.98. The molecule has 2 aromatic rings. The summed E-state index contributed by atoms with van der Waals surface area (Å²) in [5, 5.41) is 0. The number of pyridine rings is 1. The van der Waals surface area contributed by atoms with E-state index in [9.17, 15) is 9.59 Å². The van der Waals surface area contributed by atoms with E-state index >= 15 is 0 Å². The molecule has 0 spiro atoms. The zero-order valence-corrected chi connectivity index (χ0v) is 13.3. The minimum atomic E-state index is -0.523. The Hall–Kier alpha value is -2.95. The zero-order valence-electron chi connectivity index (χ0n) is 13.3. The standard InChI is InChI=1S/C19H17NO4/c1-13-4-2-6-16(10-13)23-18-9-8-14(12-20-18)19(22)24-17-7-3-5-15(21)11-17/h2,4,6,8-12H,3,5,7H2,1H3. The number of nitrogens with zero attached hydrogens (tertiary/aromatic N) is 1. The average Bonchev–Trinajstić information content (AvgIpc) is 2.55. The van der Waals surface area contributed by atoms with Crippen molar-refractivity contribution in [2.45, 2.75) is 26.2 Å². The fourth-order valence-electron chi connectivity index (χ4n) is 2.38. The summed E-state index contributed by atoms with van der Waals surface area (Å²) in [5.41, 5.74) is 1.40. The molecule has 3 rings (SSSR count). The highest BCUT2D eigenvalue weighted by molar-refractivity contribution is 5.93. The number of ketones is 1. The molecule has 1 aliphatic rings. The molecule has 0 bridgehead atoms. The first kappa shape index (κ1) is 15.9. The lowest BCUT2D eigenvalue weighted by atomic mass is 10.1. The minimum absolute atomic E-state index is 0.0101. The van der Waals surface area contributed by atoms with Crippen LogP contribution in [0.2, 0.25) is 0 Å². The van der Waals surface area contributed by atoms with Crippen molar-refractivity contribution in [1.29, 1.82) is 0 Å². The average molecular weight is 323 g/mol. The van der Waals surface area contributed by atoms with Crippen molar-refractivity contribution in [2.24, 2.45) is 0 Å². The number of ether oxygens (including phenoxy) is 2. The molecule has 0 unspecified atom stereocenters. The van der Waals surface area contributed by atoms with Crippen LogP contribution in [0.4, 0.5) is 0 Å². The summed E-state index contributed by atoms with van der Waals surface area (Å²) >= 11 is 0. The molecule has 1 heterocycles. The molecule has 0 amide bonds. The van der Waals surface area contributed by atoms with Gasteiger partial charge in [-0.3, -0.25) is 4.79 Å². The molecule has 0 saturated carbocycles. The molecule has 0 fully saturated rings. The third-order valence-corrected chi connectivity index (χ3v) is 3.58. The Labute approximate surface area is 139 Å². The summed E-state index contributed by atoms with van der Waals surface area (Å²) < 4.78 is 10.9. The van der Waals surface area contributed by atoms with Crippen LogP contribution in [0.15, 0.2) is 54.4 Å². The predicted octanol–water partition coefficient (Wildman–Crippen LogP) is 3.98. The molecule has 5 nitrogen and oxygen atoms in total. The van der Waals surface area contributed by atoms with Crippen LogP contribution in [-0.4, -0.2) is 16.7 Å². The van der Waals surface area contributed by atoms with Crippen molar-refractivity contribution < 1.29 is 19.1 Å². The molecule has 0 aliphatic heterocycles. The normalized spacial score (nSPS) is 14.0. The Kier molecular flexibility index (Phi) is 4.70. The number of hydrogen-bond acceptors (Lipinski definition) is 5. The van der Waals surface area contributed by atoms with Crippen molar-refractivity contribution >= 4 is 11.8 Å². The highest BCUT2D eigenvalue weighted by Crippen LogP contribution is 2.21. The van der Waals surface area contributed by atoms with Crippen LogP contribution in [-0.2, 0) is 9.53 Å². The number of rotatable bonds is 4. The summed E-state index contributed by atoms with van der Waals surface area (Å²) in [4.78, 5) is 27.5. The van der Waals surface area contributed by atoms with Gasteiger partial charge < -0.3 is 9.47 Å². The SMILES string of the molecule is Cc1cccc(Oc2ccc(C(=O)OC3=CC(=O)CCC3)cn2)c1. The van der Waals surface area contributed by atoms with Crippen molar-refractivity contribution in [2.75, 3.05) is 0 Å². The van der Waals surface area contributed by atoms with Crippen LogP contribution in [0.5, 0.6) is 11.6 Å². The number of allylic oxidation sites excluding steroid dienone is 2. The van der Waals surface area contributed by atoms with Crippen molar-refractivity contribution in [3.8, 4) is 11.6 Å². The van der Waals surface area contributed by atoms with Gasteiger partial charge in [0.1, 0.15) is 11.5 Å². The molecule has 1 aliphatic carbocycles. The Morgan fingerprint density at radius 1 is 1.17 bits per heavy atom. The van der Waals surface area contributed by atoms with Gasteiger partial charge in [0, 0.05) is 31.2 Å². The number of hydrogen-bond donors (Lipinski definition) is 0. The first-order chi connectivity index (χ1) is 11.6. The maximum absolute atomic E-state index is 12.1. The Morgan fingerprint density at radius 2 is 2.04 bits per heavy atom. The number of aryl methyl sites for hydroxylation is 1. The molecule has 0 radical (unpaired) electrons. The van der Waals surface area contributed by atoms with Gasteiger partial charge in [-0.1, -0.05) is 12.1 Å². The highest BCUT2D eigenvalue weighted by Gasteiger charge is 2.16. The second kappa shape index (κ2) is 7.08.